The lowest BCUT2D eigenvalue weighted by Crippen LogP contribution is -2.20. The molecule has 0 aromatic heterocycles. The van der Waals surface area contributed by atoms with E-state index in [0.717, 1.165) is 12.2 Å². The van der Waals surface area contributed by atoms with Crippen LogP contribution in [0.25, 0.3) is 0 Å². The predicted octanol–water partition coefficient (Wildman–Crippen LogP) is 3.39. The van der Waals surface area contributed by atoms with E-state index < -0.39 is 5.82 Å². The van der Waals surface area contributed by atoms with Crippen LogP contribution < -0.4 is 5.32 Å². The van der Waals surface area contributed by atoms with Gasteiger partial charge in [-0.15, -0.1) is 0 Å². The van der Waals surface area contributed by atoms with Gasteiger partial charge in [0.15, 0.2) is 0 Å². The van der Waals surface area contributed by atoms with E-state index in [1.54, 1.807) is 6.07 Å². The normalized spacial score (nSPS) is 19.6. The lowest BCUT2D eigenvalue weighted by atomic mass is 10.1. The standard InChI is InChI=1S/C13H15FN2S/c14-13-7-11(5-4-10(13)8-15)16-9-12-3-1-2-6-17-12/h4-5,7,12,16H,1-3,6,9H2. The molecule has 1 saturated heterocycles. The summed E-state index contributed by atoms with van der Waals surface area (Å²) in [6.07, 6.45) is 3.84. The SMILES string of the molecule is N#Cc1ccc(NCC2CCCCS2)cc1F. The summed E-state index contributed by atoms with van der Waals surface area (Å²) in [5, 5.41) is 12.5. The van der Waals surface area contributed by atoms with Gasteiger partial charge in [-0.25, -0.2) is 4.39 Å². The topological polar surface area (TPSA) is 35.8 Å². The highest BCUT2D eigenvalue weighted by molar-refractivity contribution is 7.99. The number of nitrogens with zero attached hydrogens (tertiary/aromatic N) is 1. The molecule has 1 aliphatic rings. The Balaban J connectivity index is 1.90. The van der Waals surface area contributed by atoms with Crippen LogP contribution in [0.5, 0.6) is 0 Å². The third kappa shape index (κ3) is 3.37. The maximum absolute atomic E-state index is 13.3. The van der Waals surface area contributed by atoms with Crippen molar-refractivity contribution in [1.82, 2.24) is 0 Å². The third-order valence-electron chi connectivity index (χ3n) is 2.90. The Bertz CT molecular complexity index is 422. The Labute approximate surface area is 105 Å². The second kappa shape index (κ2) is 5.92. The van der Waals surface area contributed by atoms with Crippen molar-refractivity contribution < 1.29 is 4.39 Å². The number of nitriles is 1. The fraction of sp³-hybridized carbons (Fsp3) is 0.462. The molecule has 0 radical (unpaired) electrons. The molecule has 1 unspecified atom stereocenters. The minimum absolute atomic E-state index is 0.0996. The molecule has 1 atom stereocenters. The van der Waals surface area contributed by atoms with E-state index in [1.165, 1.54) is 37.1 Å². The number of hydrogen-bond donors (Lipinski definition) is 1. The highest BCUT2D eigenvalue weighted by atomic mass is 32.2. The molecule has 1 aromatic rings. The molecule has 1 fully saturated rings. The molecule has 0 bridgehead atoms. The second-order valence-electron chi connectivity index (χ2n) is 4.18. The number of anilines is 1. The van der Waals surface area contributed by atoms with Crippen molar-refractivity contribution in [3.63, 3.8) is 0 Å². The van der Waals surface area contributed by atoms with Crippen LogP contribution in [0, 0.1) is 17.1 Å². The van der Waals surface area contributed by atoms with Gasteiger partial charge in [0, 0.05) is 17.5 Å². The van der Waals surface area contributed by atoms with Gasteiger partial charge in [-0.2, -0.15) is 17.0 Å². The van der Waals surface area contributed by atoms with Crippen LogP contribution in [0.2, 0.25) is 0 Å². The third-order valence-corrected chi connectivity index (χ3v) is 4.30. The smallest absolute Gasteiger partial charge is 0.143 e. The first kappa shape index (κ1) is 12.3. The molecule has 0 amide bonds. The summed E-state index contributed by atoms with van der Waals surface area (Å²) in [6, 6.07) is 6.49. The van der Waals surface area contributed by atoms with Crippen molar-refractivity contribution in [2.24, 2.45) is 0 Å². The molecule has 0 saturated carbocycles. The van der Waals surface area contributed by atoms with Crippen LogP contribution in [0.3, 0.4) is 0 Å². The summed E-state index contributed by atoms with van der Waals surface area (Å²) in [4.78, 5) is 0. The van der Waals surface area contributed by atoms with Gasteiger partial charge in [0.25, 0.3) is 0 Å². The molecule has 1 aliphatic heterocycles. The summed E-state index contributed by atoms with van der Waals surface area (Å²) in [6.45, 7) is 0.871. The van der Waals surface area contributed by atoms with Crippen molar-refractivity contribution >= 4 is 17.4 Å². The highest BCUT2D eigenvalue weighted by Crippen LogP contribution is 2.25. The largest absolute Gasteiger partial charge is 0.384 e. The van der Waals surface area contributed by atoms with E-state index >= 15 is 0 Å². The fourth-order valence-corrected chi connectivity index (χ4v) is 3.15. The summed E-state index contributed by atoms with van der Waals surface area (Å²) in [7, 11) is 0. The fourth-order valence-electron chi connectivity index (χ4n) is 1.92. The van der Waals surface area contributed by atoms with Crippen molar-refractivity contribution in [2.75, 3.05) is 17.6 Å². The van der Waals surface area contributed by atoms with Crippen LogP contribution in [0.15, 0.2) is 18.2 Å². The van der Waals surface area contributed by atoms with E-state index in [0.29, 0.717) is 5.25 Å². The quantitative estimate of drug-likeness (QED) is 0.893. The van der Waals surface area contributed by atoms with Crippen molar-refractivity contribution in [1.29, 1.82) is 5.26 Å². The molecular weight excluding hydrogens is 235 g/mol. The van der Waals surface area contributed by atoms with Crippen LogP contribution in [0.4, 0.5) is 10.1 Å². The molecule has 2 nitrogen and oxygen atoms in total. The summed E-state index contributed by atoms with van der Waals surface area (Å²) < 4.78 is 13.3. The summed E-state index contributed by atoms with van der Waals surface area (Å²) in [5.41, 5.74) is 0.857. The highest BCUT2D eigenvalue weighted by Gasteiger charge is 2.13. The maximum Gasteiger partial charge on any atom is 0.143 e. The van der Waals surface area contributed by atoms with E-state index in [9.17, 15) is 4.39 Å². The van der Waals surface area contributed by atoms with E-state index in [2.05, 4.69) is 5.32 Å². The van der Waals surface area contributed by atoms with Crippen LogP contribution in [-0.2, 0) is 0 Å². The first-order chi connectivity index (χ1) is 8.29. The van der Waals surface area contributed by atoms with Gasteiger partial charge >= 0.3 is 0 Å². The van der Waals surface area contributed by atoms with E-state index in [4.69, 9.17) is 5.26 Å². The first-order valence-corrected chi connectivity index (χ1v) is 6.89. The Morgan fingerprint density at radius 2 is 2.35 bits per heavy atom. The molecule has 90 valence electrons. The number of benzene rings is 1. The minimum Gasteiger partial charge on any atom is -0.384 e. The van der Waals surface area contributed by atoms with Gasteiger partial charge in [-0.1, -0.05) is 6.42 Å². The second-order valence-corrected chi connectivity index (χ2v) is 5.58. The molecule has 17 heavy (non-hydrogen) atoms. The zero-order valence-corrected chi connectivity index (χ0v) is 10.4. The average Bonchev–Trinajstić information content (AvgIpc) is 2.38. The molecule has 1 heterocycles. The Morgan fingerprint density at radius 3 is 3.00 bits per heavy atom. The predicted molar refractivity (Wildman–Crippen MR) is 69.7 cm³/mol. The monoisotopic (exact) mass is 250 g/mol. The van der Waals surface area contributed by atoms with Crippen molar-refractivity contribution in [3.05, 3.63) is 29.6 Å². The molecule has 0 spiro atoms. The number of hydrogen-bond acceptors (Lipinski definition) is 3. The van der Waals surface area contributed by atoms with Gasteiger partial charge in [0.2, 0.25) is 0 Å². The number of rotatable bonds is 3. The van der Waals surface area contributed by atoms with Gasteiger partial charge in [0.1, 0.15) is 11.9 Å². The Kier molecular flexibility index (Phi) is 4.27. The van der Waals surface area contributed by atoms with Gasteiger partial charge in [0.05, 0.1) is 5.56 Å². The molecule has 1 N–H and O–H groups in total. The molecule has 1 aromatic carbocycles. The lowest BCUT2D eigenvalue weighted by molar-refractivity contribution is 0.624. The van der Waals surface area contributed by atoms with Gasteiger partial charge < -0.3 is 5.32 Å². The average molecular weight is 250 g/mol. The molecule has 2 rings (SSSR count). The van der Waals surface area contributed by atoms with Crippen LogP contribution in [0.1, 0.15) is 24.8 Å². The summed E-state index contributed by atoms with van der Waals surface area (Å²) in [5.74, 6) is 0.780. The maximum atomic E-state index is 13.3. The molecule has 0 aliphatic carbocycles. The number of thioether (sulfide) groups is 1. The van der Waals surface area contributed by atoms with Gasteiger partial charge in [-0.3, -0.25) is 0 Å². The first-order valence-electron chi connectivity index (χ1n) is 5.85. The van der Waals surface area contributed by atoms with Crippen molar-refractivity contribution in [2.45, 2.75) is 24.5 Å². The minimum atomic E-state index is -0.450. The Hall–Kier alpha value is -1.21. The van der Waals surface area contributed by atoms with E-state index in [1.807, 2.05) is 17.8 Å². The molecule has 4 heteroatoms. The number of nitrogens with one attached hydrogen (secondary N) is 1. The Morgan fingerprint density at radius 1 is 1.47 bits per heavy atom. The van der Waals surface area contributed by atoms with Crippen LogP contribution in [-0.4, -0.2) is 17.5 Å². The van der Waals surface area contributed by atoms with Gasteiger partial charge in [-0.05, 0) is 36.8 Å². The van der Waals surface area contributed by atoms with E-state index in [-0.39, 0.29) is 5.56 Å². The van der Waals surface area contributed by atoms with Crippen LogP contribution >= 0.6 is 11.8 Å². The zero-order chi connectivity index (χ0) is 12.1. The number of halogens is 1. The lowest BCUT2D eigenvalue weighted by Gasteiger charge is -2.21. The zero-order valence-electron chi connectivity index (χ0n) is 9.58. The van der Waals surface area contributed by atoms with Crippen molar-refractivity contribution in [3.8, 4) is 6.07 Å². The summed E-state index contributed by atoms with van der Waals surface area (Å²) >= 11 is 1.99. The molecular formula is C13H15FN2S.